The molecule has 0 radical (unpaired) electrons. The highest BCUT2D eigenvalue weighted by molar-refractivity contribution is 7.98. The molecule has 2 aromatic rings. The van der Waals surface area contributed by atoms with Gasteiger partial charge in [0.25, 0.3) is 0 Å². The van der Waals surface area contributed by atoms with Crippen LogP contribution in [0.25, 0.3) is 6.08 Å². The van der Waals surface area contributed by atoms with Crippen LogP contribution in [-0.2, 0) is 10.5 Å². The molecular formula is C19H17Cl2NO3S. The van der Waals surface area contributed by atoms with Crippen LogP contribution in [0.5, 0.6) is 11.5 Å². The van der Waals surface area contributed by atoms with Gasteiger partial charge in [0.1, 0.15) is 0 Å². The Morgan fingerprint density at radius 1 is 1.12 bits per heavy atom. The Balaban J connectivity index is 1.37. The first-order valence-electron chi connectivity index (χ1n) is 7.99. The van der Waals surface area contributed by atoms with Gasteiger partial charge in [0.15, 0.2) is 11.5 Å². The monoisotopic (exact) mass is 409 g/mol. The number of carbonyl (C=O) groups excluding carboxylic acids is 1. The molecule has 4 nitrogen and oxygen atoms in total. The van der Waals surface area contributed by atoms with Gasteiger partial charge in [-0.2, -0.15) is 11.8 Å². The summed E-state index contributed by atoms with van der Waals surface area (Å²) >= 11 is 13.6. The molecule has 1 aliphatic rings. The van der Waals surface area contributed by atoms with Crippen LogP contribution in [-0.4, -0.2) is 25.0 Å². The Bertz CT molecular complexity index is 826. The Morgan fingerprint density at radius 3 is 2.81 bits per heavy atom. The minimum absolute atomic E-state index is 0.127. The number of fused-ring (bicyclic) bond motifs is 1. The van der Waals surface area contributed by atoms with Crippen molar-refractivity contribution in [3.8, 4) is 11.5 Å². The fourth-order valence-corrected chi connectivity index (χ4v) is 3.44. The smallest absolute Gasteiger partial charge is 0.244 e. The Kier molecular flexibility index (Phi) is 6.72. The average molecular weight is 410 g/mol. The topological polar surface area (TPSA) is 47.6 Å². The lowest BCUT2D eigenvalue weighted by Crippen LogP contribution is -2.23. The molecule has 1 aliphatic heterocycles. The number of thioether (sulfide) groups is 1. The van der Waals surface area contributed by atoms with E-state index in [9.17, 15) is 4.79 Å². The maximum Gasteiger partial charge on any atom is 0.244 e. The van der Waals surface area contributed by atoms with E-state index in [0.29, 0.717) is 22.3 Å². The predicted octanol–water partition coefficient (Wildman–Crippen LogP) is 4.78. The minimum atomic E-state index is -0.127. The van der Waals surface area contributed by atoms with Crippen molar-refractivity contribution >= 4 is 46.9 Å². The van der Waals surface area contributed by atoms with Crippen LogP contribution in [0, 0.1) is 0 Å². The summed E-state index contributed by atoms with van der Waals surface area (Å²) < 4.78 is 10.6. The van der Waals surface area contributed by atoms with Gasteiger partial charge < -0.3 is 14.8 Å². The van der Waals surface area contributed by atoms with Gasteiger partial charge in [-0.1, -0.05) is 35.3 Å². The molecule has 0 atom stereocenters. The Hall–Kier alpha value is -1.82. The second-order valence-corrected chi connectivity index (χ2v) is 7.46. The van der Waals surface area contributed by atoms with E-state index in [-0.39, 0.29) is 12.7 Å². The van der Waals surface area contributed by atoms with Crippen LogP contribution in [0.3, 0.4) is 0 Å². The van der Waals surface area contributed by atoms with Gasteiger partial charge >= 0.3 is 0 Å². The lowest BCUT2D eigenvalue weighted by atomic mass is 10.2. The lowest BCUT2D eigenvalue weighted by Gasteiger charge is -2.04. The van der Waals surface area contributed by atoms with Crippen molar-refractivity contribution in [1.29, 1.82) is 0 Å². The SMILES string of the molecule is O=C(/C=C/c1ccc2c(c1)OCO2)NCCSCc1ccc(Cl)c(Cl)c1. The molecular weight excluding hydrogens is 393 g/mol. The zero-order valence-electron chi connectivity index (χ0n) is 13.8. The second-order valence-electron chi connectivity index (χ2n) is 5.54. The maximum atomic E-state index is 11.9. The van der Waals surface area contributed by atoms with E-state index in [1.54, 1.807) is 23.9 Å². The molecule has 0 saturated heterocycles. The second kappa shape index (κ2) is 9.21. The van der Waals surface area contributed by atoms with Crippen molar-refractivity contribution in [3.05, 3.63) is 63.6 Å². The molecule has 0 spiro atoms. The summed E-state index contributed by atoms with van der Waals surface area (Å²) in [5, 5.41) is 3.98. The van der Waals surface area contributed by atoms with Crippen molar-refractivity contribution in [3.63, 3.8) is 0 Å². The van der Waals surface area contributed by atoms with Crippen molar-refractivity contribution in [2.24, 2.45) is 0 Å². The fraction of sp³-hybridized carbons (Fsp3) is 0.211. The molecule has 1 amide bonds. The molecule has 3 rings (SSSR count). The molecule has 1 N–H and O–H groups in total. The van der Waals surface area contributed by atoms with E-state index in [0.717, 1.165) is 28.4 Å². The van der Waals surface area contributed by atoms with E-state index < -0.39 is 0 Å². The summed E-state index contributed by atoms with van der Waals surface area (Å²) in [7, 11) is 0. The molecule has 7 heteroatoms. The third-order valence-corrected chi connectivity index (χ3v) is 5.39. The number of ether oxygens (including phenoxy) is 2. The van der Waals surface area contributed by atoms with Gasteiger partial charge in [-0.05, 0) is 41.5 Å². The number of nitrogens with one attached hydrogen (secondary N) is 1. The quantitative estimate of drug-likeness (QED) is 0.527. The van der Waals surface area contributed by atoms with E-state index in [1.807, 2.05) is 30.3 Å². The molecule has 136 valence electrons. The summed E-state index contributed by atoms with van der Waals surface area (Å²) in [6.45, 7) is 0.833. The number of hydrogen-bond donors (Lipinski definition) is 1. The number of hydrogen-bond acceptors (Lipinski definition) is 4. The number of halogens is 2. The largest absolute Gasteiger partial charge is 0.454 e. The average Bonchev–Trinajstić information content (AvgIpc) is 3.10. The number of benzene rings is 2. The number of carbonyl (C=O) groups is 1. The van der Waals surface area contributed by atoms with Gasteiger partial charge in [0.2, 0.25) is 12.7 Å². The van der Waals surface area contributed by atoms with Crippen LogP contribution >= 0.6 is 35.0 Å². The van der Waals surface area contributed by atoms with Crippen molar-refractivity contribution in [2.45, 2.75) is 5.75 Å². The zero-order chi connectivity index (χ0) is 18.4. The van der Waals surface area contributed by atoms with Gasteiger partial charge in [-0.25, -0.2) is 0 Å². The van der Waals surface area contributed by atoms with Crippen molar-refractivity contribution < 1.29 is 14.3 Å². The van der Waals surface area contributed by atoms with Crippen LogP contribution in [0.15, 0.2) is 42.5 Å². The van der Waals surface area contributed by atoms with Crippen molar-refractivity contribution in [2.75, 3.05) is 19.1 Å². The first-order valence-corrected chi connectivity index (χ1v) is 9.90. The zero-order valence-corrected chi connectivity index (χ0v) is 16.2. The van der Waals surface area contributed by atoms with Crippen molar-refractivity contribution in [1.82, 2.24) is 5.32 Å². The molecule has 26 heavy (non-hydrogen) atoms. The van der Waals surface area contributed by atoms with Gasteiger partial charge in [-0.3, -0.25) is 4.79 Å². The molecule has 1 heterocycles. The van der Waals surface area contributed by atoms with Crippen LogP contribution < -0.4 is 14.8 Å². The van der Waals surface area contributed by atoms with Gasteiger partial charge in [-0.15, -0.1) is 0 Å². The molecule has 0 aromatic heterocycles. The highest BCUT2D eigenvalue weighted by Crippen LogP contribution is 2.32. The van der Waals surface area contributed by atoms with E-state index in [4.69, 9.17) is 32.7 Å². The normalized spacial score (nSPS) is 12.5. The van der Waals surface area contributed by atoms with Crippen LogP contribution in [0.1, 0.15) is 11.1 Å². The summed E-state index contributed by atoms with van der Waals surface area (Å²) in [5.74, 6) is 2.93. The third kappa shape index (κ3) is 5.34. The number of amides is 1. The van der Waals surface area contributed by atoms with Crippen LogP contribution in [0.4, 0.5) is 0 Å². The first kappa shape index (κ1) is 19.0. The lowest BCUT2D eigenvalue weighted by molar-refractivity contribution is -0.116. The Morgan fingerprint density at radius 2 is 1.96 bits per heavy atom. The molecule has 0 unspecified atom stereocenters. The van der Waals surface area contributed by atoms with Gasteiger partial charge in [0.05, 0.1) is 10.0 Å². The van der Waals surface area contributed by atoms with E-state index >= 15 is 0 Å². The molecule has 0 saturated carbocycles. The number of rotatable bonds is 7. The Labute approximate surface area is 166 Å². The molecule has 0 fully saturated rings. The highest BCUT2D eigenvalue weighted by atomic mass is 35.5. The summed E-state index contributed by atoms with van der Waals surface area (Å²) in [5.41, 5.74) is 2.00. The third-order valence-electron chi connectivity index (χ3n) is 3.62. The highest BCUT2D eigenvalue weighted by Gasteiger charge is 2.12. The molecule has 0 bridgehead atoms. The summed E-state index contributed by atoms with van der Waals surface area (Å²) in [6.07, 6.45) is 3.27. The van der Waals surface area contributed by atoms with Gasteiger partial charge in [0, 0.05) is 24.1 Å². The minimum Gasteiger partial charge on any atom is -0.454 e. The molecule has 0 aliphatic carbocycles. The summed E-state index contributed by atoms with van der Waals surface area (Å²) in [4.78, 5) is 11.9. The maximum absolute atomic E-state index is 11.9. The predicted molar refractivity (Wildman–Crippen MR) is 107 cm³/mol. The molecule has 2 aromatic carbocycles. The van der Waals surface area contributed by atoms with Crippen LogP contribution in [0.2, 0.25) is 10.0 Å². The summed E-state index contributed by atoms with van der Waals surface area (Å²) in [6, 6.07) is 11.2. The van der Waals surface area contributed by atoms with E-state index in [2.05, 4.69) is 5.32 Å². The standard InChI is InChI=1S/C19H17Cl2NO3S/c20-15-4-1-14(9-16(15)21)11-26-8-7-22-19(23)6-3-13-2-5-17-18(10-13)25-12-24-17/h1-6,9-10H,7-8,11-12H2,(H,22,23)/b6-3+. The fourth-order valence-electron chi connectivity index (χ4n) is 2.31. The first-order chi connectivity index (χ1) is 12.6. The van der Waals surface area contributed by atoms with E-state index in [1.165, 1.54) is 6.08 Å².